The van der Waals surface area contributed by atoms with Gasteiger partial charge in [-0.25, -0.2) is 4.68 Å². The fourth-order valence-electron chi connectivity index (χ4n) is 4.18. The summed E-state index contributed by atoms with van der Waals surface area (Å²) in [4.78, 5) is 17.8. The number of allylic oxidation sites excluding steroid dienone is 1. The SMILES string of the molecule is COc1cc([C@H]2C(C(=O)Nc3ccccc3)=C(C)Nc3ncnn32)ccc1OCc1ccc(Cl)c(Cl)c1. The number of fused-ring (bicyclic) bond motifs is 1. The monoisotopic (exact) mass is 535 g/mol. The molecule has 0 saturated carbocycles. The second-order valence-corrected chi connectivity index (χ2v) is 9.18. The van der Waals surface area contributed by atoms with Crippen molar-refractivity contribution in [3.63, 3.8) is 0 Å². The fourth-order valence-corrected chi connectivity index (χ4v) is 4.50. The van der Waals surface area contributed by atoms with Crippen molar-refractivity contribution in [2.24, 2.45) is 0 Å². The number of nitrogens with one attached hydrogen (secondary N) is 2. The zero-order valence-electron chi connectivity index (χ0n) is 20.0. The summed E-state index contributed by atoms with van der Waals surface area (Å²) in [6, 6.07) is 19.6. The number of ether oxygens (including phenoxy) is 2. The fraction of sp³-hybridized carbons (Fsp3) is 0.148. The van der Waals surface area contributed by atoms with Crippen LogP contribution in [0.5, 0.6) is 11.5 Å². The molecule has 1 atom stereocenters. The third kappa shape index (κ3) is 5.12. The smallest absolute Gasteiger partial charge is 0.255 e. The number of para-hydroxylation sites is 1. The van der Waals surface area contributed by atoms with E-state index in [2.05, 4.69) is 20.7 Å². The Morgan fingerprint density at radius 3 is 2.62 bits per heavy atom. The van der Waals surface area contributed by atoms with Crippen LogP contribution in [0.3, 0.4) is 0 Å². The maximum Gasteiger partial charge on any atom is 0.255 e. The number of rotatable bonds is 7. The number of halogens is 2. The van der Waals surface area contributed by atoms with Crippen LogP contribution < -0.4 is 20.1 Å². The first-order valence-electron chi connectivity index (χ1n) is 11.4. The topological polar surface area (TPSA) is 90.3 Å². The molecule has 37 heavy (non-hydrogen) atoms. The van der Waals surface area contributed by atoms with E-state index in [9.17, 15) is 4.79 Å². The van der Waals surface area contributed by atoms with Crippen LogP contribution in [0.4, 0.5) is 11.6 Å². The largest absolute Gasteiger partial charge is 0.493 e. The van der Waals surface area contributed by atoms with Crippen LogP contribution in [0.2, 0.25) is 10.0 Å². The molecule has 10 heteroatoms. The van der Waals surface area contributed by atoms with E-state index >= 15 is 0 Å². The number of aromatic nitrogens is 3. The van der Waals surface area contributed by atoms with Crippen molar-refractivity contribution in [1.82, 2.24) is 14.8 Å². The lowest BCUT2D eigenvalue weighted by Crippen LogP contribution is -2.31. The molecule has 0 saturated heterocycles. The number of nitrogens with zero attached hydrogens (tertiary/aromatic N) is 3. The average Bonchev–Trinajstić information content (AvgIpc) is 3.37. The van der Waals surface area contributed by atoms with Crippen molar-refractivity contribution in [2.45, 2.75) is 19.6 Å². The molecule has 0 spiro atoms. The Labute approximate surface area is 223 Å². The second-order valence-electron chi connectivity index (χ2n) is 8.36. The van der Waals surface area contributed by atoms with Gasteiger partial charge in [-0.1, -0.05) is 53.5 Å². The average molecular weight is 536 g/mol. The van der Waals surface area contributed by atoms with Gasteiger partial charge in [0.2, 0.25) is 5.95 Å². The quantitative estimate of drug-likeness (QED) is 0.297. The minimum Gasteiger partial charge on any atom is -0.493 e. The normalized spacial score (nSPS) is 14.5. The Morgan fingerprint density at radius 2 is 1.86 bits per heavy atom. The number of hydrogen-bond donors (Lipinski definition) is 2. The molecule has 5 rings (SSSR count). The third-order valence-electron chi connectivity index (χ3n) is 5.95. The van der Waals surface area contributed by atoms with Gasteiger partial charge in [-0.2, -0.15) is 10.1 Å². The van der Waals surface area contributed by atoms with Crippen molar-refractivity contribution >= 4 is 40.7 Å². The minimum absolute atomic E-state index is 0.249. The van der Waals surface area contributed by atoms with E-state index in [0.717, 1.165) is 11.1 Å². The standard InChI is InChI=1S/C27H23Cl2N5O3/c1-16-24(26(35)33-19-6-4-3-5-7-19)25(34-27(32-16)30-15-31-34)18-9-11-22(23(13-18)36-2)37-14-17-8-10-20(28)21(29)12-17/h3-13,15,25H,14H2,1-2H3,(H,33,35)(H,30,31,32)/t25-/m0/s1. The highest BCUT2D eigenvalue weighted by atomic mass is 35.5. The highest BCUT2D eigenvalue weighted by Gasteiger charge is 2.34. The van der Waals surface area contributed by atoms with Gasteiger partial charge in [-0.3, -0.25) is 4.79 Å². The molecular weight excluding hydrogens is 513 g/mol. The summed E-state index contributed by atoms with van der Waals surface area (Å²) in [7, 11) is 1.57. The van der Waals surface area contributed by atoms with Crippen LogP contribution in [0.15, 0.2) is 84.3 Å². The molecule has 1 amide bonds. The van der Waals surface area contributed by atoms with Gasteiger partial charge >= 0.3 is 0 Å². The van der Waals surface area contributed by atoms with E-state index in [0.29, 0.717) is 44.5 Å². The highest BCUT2D eigenvalue weighted by Crippen LogP contribution is 2.39. The molecular formula is C27H23Cl2N5O3. The Bertz CT molecular complexity index is 1490. The Morgan fingerprint density at radius 1 is 1.05 bits per heavy atom. The van der Waals surface area contributed by atoms with E-state index in [1.54, 1.807) is 23.9 Å². The van der Waals surface area contributed by atoms with Crippen LogP contribution in [0.25, 0.3) is 0 Å². The van der Waals surface area contributed by atoms with E-state index < -0.39 is 6.04 Å². The predicted octanol–water partition coefficient (Wildman–Crippen LogP) is 6.10. The van der Waals surface area contributed by atoms with Crippen LogP contribution in [0.1, 0.15) is 24.1 Å². The highest BCUT2D eigenvalue weighted by molar-refractivity contribution is 6.42. The lowest BCUT2D eigenvalue weighted by atomic mass is 9.94. The summed E-state index contributed by atoms with van der Waals surface area (Å²) in [6.07, 6.45) is 1.45. The summed E-state index contributed by atoms with van der Waals surface area (Å²) < 4.78 is 13.3. The van der Waals surface area contributed by atoms with E-state index in [1.807, 2.05) is 61.5 Å². The molecule has 0 radical (unpaired) electrons. The third-order valence-corrected chi connectivity index (χ3v) is 6.69. The zero-order valence-corrected chi connectivity index (χ0v) is 21.5. The van der Waals surface area contributed by atoms with Crippen molar-refractivity contribution in [1.29, 1.82) is 0 Å². The number of anilines is 2. The molecule has 188 valence electrons. The van der Waals surface area contributed by atoms with Gasteiger partial charge in [0.05, 0.1) is 22.7 Å². The van der Waals surface area contributed by atoms with Gasteiger partial charge < -0.3 is 20.1 Å². The summed E-state index contributed by atoms with van der Waals surface area (Å²) >= 11 is 12.1. The number of amides is 1. The lowest BCUT2D eigenvalue weighted by molar-refractivity contribution is -0.113. The molecule has 0 aliphatic carbocycles. The Hall–Kier alpha value is -4.01. The lowest BCUT2D eigenvalue weighted by Gasteiger charge is -2.29. The summed E-state index contributed by atoms with van der Waals surface area (Å²) in [5.41, 5.74) is 3.53. The first-order chi connectivity index (χ1) is 17.9. The first kappa shape index (κ1) is 24.7. The summed E-state index contributed by atoms with van der Waals surface area (Å²) in [6.45, 7) is 2.12. The van der Waals surface area contributed by atoms with Crippen LogP contribution in [-0.4, -0.2) is 27.8 Å². The Balaban J connectivity index is 1.46. The van der Waals surface area contributed by atoms with Gasteiger partial charge in [0.1, 0.15) is 19.0 Å². The van der Waals surface area contributed by atoms with Crippen LogP contribution >= 0.6 is 23.2 Å². The van der Waals surface area contributed by atoms with E-state index in [4.69, 9.17) is 32.7 Å². The first-order valence-corrected chi connectivity index (χ1v) is 12.2. The zero-order chi connectivity index (χ0) is 25.9. The summed E-state index contributed by atoms with van der Waals surface area (Å²) in [5, 5.41) is 11.5. The number of methoxy groups -OCH3 is 1. The van der Waals surface area contributed by atoms with Gasteiger partial charge in [-0.05, 0) is 54.4 Å². The molecule has 0 bridgehead atoms. The van der Waals surface area contributed by atoms with Gasteiger partial charge in [0.25, 0.3) is 5.91 Å². The van der Waals surface area contributed by atoms with Crippen molar-refractivity contribution < 1.29 is 14.3 Å². The second kappa shape index (κ2) is 10.5. The molecule has 8 nitrogen and oxygen atoms in total. The van der Waals surface area contributed by atoms with Gasteiger partial charge in [0.15, 0.2) is 11.5 Å². The molecule has 1 aliphatic rings. The molecule has 3 aromatic carbocycles. The van der Waals surface area contributed by atoms with Crippen LogP contribution in [-0.2, 0) is 11.4 Å². The number of carbonyl (C=O) groups is 1. The molecule has 4 aromatic rings. The number of carbonyl (C=O) groups excluding carboxylic acids is 1. The molecule has 0 unspecified atom stereocenters. The molecule has 2 heterocycles. The maximum absolute atomic E-state index is 13.5. The maximum atomic E-state index is 13.5. The van der Waals surface area contributed by atoms with Gasteiger partial charge in [0, 0.05) is 11.4 Å². The molecule has 2 N–H and O–H groups in total. The minimum atomic E-state index is -0.541. The molecule has 1 aromatic heterocycles. The molecule has 0 fully saturated rings. The number of hydrogen-bond acceptors (Lipinski definition) is 6. The van der Waals surface area contributed by atoms with Crippen molar-refractivity contribution in [2.75, 3.05) is 17.7 Å². The van der Waals surface area contributed by atoms with Gasteiger partial charge in [-0.15, -0.1) is 0 Å². The van der Waals surface area contributed by atoms with Crippen molar-refractivity contribution in [3.05, 3.63) is 105 Å². The van der Waals surface area contributed by atoms with E-state index in [1.165, 1.54) is 6.33 Å². The summed E-state index contributed by atoms with van der Waals surface area (Å²) in [5.74, 6) is 1.35. The van der Waals surface area contributed by atoms with Crippen molar-refractivity contribution in [3.8, 4) is 11.5 Å². The predicted molar refractivity (Wildman–Crippen MR) is 143 cm³/mol. The Kier molecular flexibility index (Phi) is 7.03. The number of benzene rings is 3. The van der Waals surface area contributed by atoms with E-state index in [-0.39, 0.29) is 12.5 Å². The van der Waals surface area contributed by atoms with Crippen LogP contribution in [0, 0.1) is 0 Å². The molecule has 1 aliphatic heterocycles.